The second-order valence-electron chi connectivity index (χ2n) is 8.69. The van der Waals surface area contributed by atoms with Gasteiger partial charge in [0.2, 0.25) is 0 Å². The van der Waals surface area contributed by atoms with Gasteiger partial charge in [0, 0.05) is 37.6 Å². The van der Waals surface area contributed by atoms with E-state index in [2.05, 4.69) is 31.0 Å². The van der Waals surface area contributed by atoms with Crippen LogP contribution in [-0.2, 0) is 13.0 Å². The lowest BCUT2D eigenvalue weighted by molar-refractivity contribution is 0.0314. The fraction of sp³-hybridized carbons (Fsp3) is 0.360. The lowest BCUT2D eigenvalue weighted by Gasteiger charge is -2.25. The van der Waals surface area contributed by atoms with E-state index < -0.39 is 5.60 Å². The van der Waals surface area contributed by atoms with E-state index >= 15 is 0 Å². The molecule has 2 aromatic rings. The van der Waals surface area contributed by atoms with Crippen molar-refractivity contribution in [2.75, 3.05) is 13.6 Å². The smallest absolute Gasteiger partial charge is 0.254 e. The van der Waals surface area contributed by atoms with Crippen molar-refractivity contribution in [2.45, 2.75) is 46.3 Å². The van der Waals surface area contributed by atoms with Gasteiger partial charge in [0.15, 0.2) is 0 Å². The number of aliphatic imine (C=N–C) groups is 1. The first-order chi connectivity index (χ1) is 14.1. The largest absolute Gasteiger partial charge is 0.398 e. The zero-order valence-corrected chi connectivity index (χ0v) is 18.5. The van der Waals surface area contributed by atoms with Crippen LogP contribution in [0.1, 0.15) is 57.6 Å². The van der Waals surface area contributed by atoms with E-state index in [1.54, 1.807) is 38.1 Å². The standard InChI is InChI=1S/C25H31N3O2/c1-16-17(2)22-14-28(15-25(3,4)30)24(29)21(22)13-20(16)12-18-6-8-19(9-7-18)23(26)10-11-27-5/h6-11,13,30H,12,14-15,26H2,1-5H3. The zero-order valence-electron chi connectivity index (χ0n) is 18.5. The van der Waals surface area contributed by atoms with Crippen molar-refractivity contribution in [1.82, 2.24) is 4.90 Å². The maximum Gasteiger partial charge on any atom is 0.254 e. The molecule has 0 aromatic heterocycles. The van der Waals surface area contributed by atoms with Gasteiger partial charge in [0.25, 0.3) is 5.91 Å². The minimum absolute atomic E-state index is 0.00215. The molecule has 5 heteroatoms. The summed E-state index contributed by atoms with van der Waals surface area (Å²) in [4.78, 5) is 18.6. The van der Waals surface area contributed by atoms with Gasteiger partial charge in [-0.3, -0.25) is 9.79 Å². The van der Waals surface area contributed by atoms with Crippen LogP contribution in [-0.4, -0.2) is 41.3 Å². The minimum Gasteiger partial charge on any atom is -0.398 e. The van der Waals surface area contributed by atoms with Crippen LogP contribution in [0.25, 0.3) is 5.70 Å². The summed E-state index contributed by atoms with van der Waals surface area (Å²) >= 11 is 0. The molecule has 0 atom stereocenters. The molecule has 0 aliphatic carbocycles. The number of benzene rings is 2. The van der Waals surface area contributed by atoms with E-state index in [9.17, 15) is 9.90 Å². The predicted octanol–water partition coefficient (Wildman–Crippen LogP) is 3.62. The van der Waals surface area contributed by atoms with E-state index in [0.717, 1.165) is 39.8 Å². The number of nitrogens with zero attached hydrogens (tertiary/aromatic N) is 2. The van der Waals surface area contributed by atoms with Crippen molar-refractivity contribution < 1.29 is 9.90 Å². The highest BCUT2D eigenvalue weighted by Gasteiger charge is 2.33. The Bertz CT molecular complexity index is 1010. The van der Waals surface area contributed by atoms with E-state index in [1.807, 2.05) is 18.2 Å². The molecule has 5 nitrogen and oxygen atoms in total. The Morgan fingerprint density at radius 2 is 1.90 bits per heavy atom. The molecule has 30 heavy (non-hydrogen) atoms. The van der Waals surface area contributed by atoms with Crippen LogP contribution in [0.3, 0.4) is 0 Å². The number of nitrogens with two attached hydrogens (primary N) is 1. The van der Waals surface area contributed by atoms with Gasteiger partial charge in [-0.05, 0) is 79.6 Å². The molecule has 0 spiro atoms. The van der Waals surface area contributed by atoms with Crippen molar-refractivity contribution in [2.24, 2.45) is 10.7 Å². The Morgan fingerprint density at radius 3 is 2.50 bits per heavy atom. The molecular weight excluding hydrogens is 374 g/mol. The second kappa shape index (κ2) is 8.44. The van der Waals surface area contributed by atoms with Gasteiger partial charge in [-0.25, -0.2) is 0 Å². The number of β-amino-alcohol motifs (C(OH)–C–C–N with tert-alkyl or cyclic N) is 1. The summed E-state index contributed by atoms with van der Waals surface area (Å²) in [6.07, 6.45) is 4.21. The molecule has 1 aliphatic rings. The van der Waals surface area contributed by atoms with Gasteiger partial charge in [0.05, 0.1) is 5.60 Å². The third-order valence-corrected chi connectivity index (χ3v) is 5.67. The predicted molar refractivity (Wildman–Crippen MR) is 123 cm³/mol. The first-order valence-corrected chi connectivity index (χ1v) is 10.2. The Balaban J connectivity index is 1.86. The molecule has 158 valence electrons. The van der Waals surface area contributed by atoms with Crippen molar-refractivity contribution in [3.05, 3.63) is 75.4 Å². The molecule has 0 saturated carbocycles. The highest BCUT2D eigenvalue weighted by atomic mass is 16.3. The van der Waals surface area contributed by atoms with Crippen LogP contribution in [0, 0.1) is 13.8 Å². The summed E-state index contributed by atoms with van der Waals surface area (Å²) in [5, 5.41) is 10.1. The summed E-state index contributed by atoms with van der Waals surface area (Å²) in [6, 6.07) is 10.2. The number of hydrogen-bond acceptors (Lipinski definition) is 4. The Hall–Kier alpha value is -2.92. The van der Waals surface area contributed by atoms with Gasteiger partial charge < -0.3 is 15.7 Å². The quantitative estimate of drug-likeness (QED) is 0.721. The Kier molecular flexibility index (Phi) is 6.13. The first-order valence-electron chi connectivity index (χ1n) is 10.2. The van der Waals surface area contributed by atoms with Crippen LogP contribution < -0.4 is 5.73 Å². The normalized spacial score (nSPS) is 14.7. The van der Waals surface area contributed by atoms with Crippen molar-refractivity contribution in [3.63, 3.8) is 0 Å². The van der Waals surface area contributed by atoms with Gasteiger partial charge >= 0.3 is 0 Å². The van der Waals surface area contributed by atoms with Gasteiger partial charge in [-0.2, -0.15) is 0 Å². The van der Waals surface area contributed by atoms with Crippen LogP contribution >= 0.6 is 0 Å². The van der Waals surface area contributed by atoms with Crippen molar-refractivity contribution in [3.8, 4) is 0 Å². The highest BCUT2D eigenvalue weighted by molar-refractivity contribution is 5.99. The number of amides is 1. The molecule has 1 amide bonds. The molecule has 0 radical (unpaired) electrons. The third-order valence-electron chi connectivity index (χ3n) is 5.67. The van der Waals surface area contributed by atoms with Crippen LogP contribution in [0.2, 0.25) is 0 Å². The van der Waals surface area contributed by atoms with E-state index in [0.29, 0.717) is 18.8 Å². The summed E-state index contributed by atoms with van der Waals surface area (Å²) in [6.45, 7) is 8.55. The summed E-state index contributed by atoms with van der Waals surface area (Å²) < 4.78 is 0. The number of rotatable bonds is 6. The third kappa shape index (κ3) is 4.62. The van der Waals surface area contributed by atoms with Crippen molar-refractivity contribution >= 4 is 17.8 Å². The van der Waals surface area contributed by atoms with E-state index in [-0.39, 0.29) is 5.91 Å². The number of allylic oxidation sites excluding steroid dienone is 1. The molecule has 0 unspecified atom stereocenters. The summed E-state index contributed by atoms with van der Waals surface area (Å²) in [5.41, 5.74) is 13.3. The number of aliphatic hydroxyl groups is 1. The van der Waals surface area contributed by atoms with E-state index in [1.165, 1.54) is 5.56 Å². The number of hydrogen-bond donors (Lipinski definition) is 2. The summed E-state index contributed by atoms with van der Waals surface area (Å²) in [5.74, 6) is 0.00215. The van der Waals surface area contributed by atoms with Crippen LogP contribution in [0.4, 0.5) is 0 Å². The summed E-state index contributed by atoms with van der Waals surface area (Å²) in [7, 11) is 1.71. The monoisotopic (exact) mass is 405 g/mol. The topological polar surface area (TPSA) is 78.9 Å². The fourth-order valence-corrected chi connectivity index (χ4v) is 3.93. The maximum atomic E-state index is 12.9. The highest BCUT2D eigenvalue weighted by Crippen LogP contribution is 2.32. The molecule has 3 N–H and O–H groups in total. The number of carbonyl (C=O) groups excluding carboxylic acids is 1. The average molecular weight is 406 g/mol. The van der Waals surface area contributed by atoms with Gasteiger partial charge in [-0.15, -0.1) is 0 Å². The lowest BCUT2D eigenvalue weighted by Crippen LogP contribution is -2.38. The number of fused-ring (bicyclic) bond motifs is 1. The lowest BCUT2D eigenvalue weighted by atomic mass is 9.91. The molecular formula is C25H31N3O2. The number of carbonyl (C=O) groups is 1. The average Bonchev–Trinajstić information content (AvgIpc) is 2.99. The van der Waals surface area contributed by atoms with Gasteiger partial charge in [-0.1, -0.05) is 24.3 Å². The molecule has 0 saturated heterocycles. The molecule has 0 bridgehead atoms. The minimum atomic E-state index is -0.912. The molecule has 3 rings (SSSR count). The maximum absolute atomic E-state index is 12.9. The van der Waals surface area contributed by atoms with Gasteiger partial charge in [0.1, 0.15) is 0 Å². The molecule has 1 heterocycles. The van der Waals surface area contributed by atoms with E-state index in [4.69, 9.17) is 5.73 Å². The van der Waals surface area contributed by atoms with Crippen LogP contribution in [0.5, 0.6) is 0 Å². The zero-order chi connectivity index (χ0) is 22.1. The Labute approximate surface area is 178 Å². The second-order valence-corrected chi connectivity index (χ2v) is 8.69. The molecule has 1 aliphatic heterocycles. The first kappa shape index (κ1) is 21.8. The SMILES string of the molecule is CN=CC=C(N)c1ccc(Cc2cc3c(c(C)c2C)CN(CC(C)(C)O)C3=O)cc1. The van der Waals surface area contributed by atoms with Crippen LogP contribution in [0.15, 0.2) is 41.4 Å². The molecule has 2 aromatic carbocycles. The fourth-order valence-electron chi connectivity index (χ4n) is 3.93. The Morgan fingerprint density at radius 1 is 1.23 bits per heavy atom. The molecule has 0 fully saturated rings. The van der Waals surface area contributed by atoms with Crippen molar-refractivity contribution in [1.29, 1.82) is 0 Å².